The van der Waals surface area contributed by atoms with E-state index in [1.165, 1.54) is 19.4 Å². The Bertz CT molecular complexity index is 567. The van der Waals surface area contributed by atoms with Gasteiger partial charge in [0.1, 0.15) is 0 Å². The minimum Gasteiger partial charge on any atom is -0.381 e. The maximum Gasteiger partial charge on any atom is 0.257 e. The van der Waals surface area contributed by atoms with E-state index in [1.807, 2.05) is 18.1 Å². The van der Waals surface area contributed by atoms with Crippen LogP contribution in [0.15, 0.2) is 6.20 Å². The number of hydrogen-bond donors (Lipinski definition) is 0. The molecule has 3 aliphatic rings. The molecule has 2 saturated heterocycles. The zero-order valence-corrected chi connectivity index (χ0v) is 13.9. The molecule has 23 heavy (non-hydrogen) atoms. The molecule has 0 aromatic carbocycles. The van der Waals surface area contributed by atoms with E-state index < -0.39 is 0 Å². The largest absolute Gasteiger partial charge is 0.381 e. The van der Waals surface area contributed by atoms with Crippen molar-refractivity contribution in [3.8, 4) is 0 Å². The van der Waals surface area contributed by atoms with Crippen LogP contribution in [0.3, 0.4) is 0 Å². The smallest absolute Gasteiger partial charge is 0.257 e. The Hall–Kier alpha value is -1.40. The number of rotatable bonds is 4. The van der Waals surface area contributed by atoms with Crippen molar-refractivity contribution < 1.29 is 9.53 Å². The summed E-state index contributed by atoms with van der Waals surface area (Å²) in [5.41, 5.74) is 1.70. The molecule has 0 bridgehead atoms. The van der Waals surface area contributed by atoms with Crippen LogP contribution in [0.4, 0.5) is 0 Å². The maximum absolute atomic E-state index is 12.9. The molecular formula is C17H26N4O2. The minimum absolute atomic E-state index is 0.145. The van der Waals surface area contributed by atoms with Gasteiger partial charge >= 0.3 is 0 Å². The molecule has 126 valence electrons. The van der Waals surface area contributed by atoms with Crippen LogP contribution in [0.1, 0.15) is 41.2 Å². The van der Waals surface area contributed by atoms with Gasteiger partial charge in [0, 0.05) is 58.5 Å². The summed E-state index contributed by atoms with van der Waals surface area (Å²) in [5.74, 6) is 1.34. The van der Waals surface area contributed by atoms with Crippen LogP contribution in [0.2, 0.25) is 0 Å². The molecule has 1 saturated carbocycles. The minimum atomic E-state index is 0.145. The predicted molar refractivity (Wildman–Crippen MR) is 86.5 cm³/mol. The predicted octanol–water partition coefficient (Wildman–Crippen LogP) is 1.09. The third-order valence-corrected chi connectivity index (χ3v) is 5.28. The highest BCUT2D eigenvalue weighted by Crippen LogP contribution is 2.30. The monoisotopic (exact) mass is 318 g/mol. The molecule has 1 atom stereocenters. The summed E-state index contributed by atoms with van der Waals surface area (Å²) >= 11 is 0. The lowest BCUT2D eigenvalue weighted by molar-refractivity contribution is 0.0630. The summed E-state index contributed by atoms with van der Waals surface area (Å²) < 4.78 is 7.25. The molecule has 2 aliphatic heterocycles. The molecule has 6 nitrogen and oxygen atoms in total. The van der Waals surface area contributed by atoms with Crippen molar-refractivity contribution in [1.82, 2.24) is 19.6 Å². The average molecular weight is 318 g/mol. The van der Waals surface area contributed by atoms with E-state index in [2.05, 4.69) is 10.00 Å². The van der Waals surface area contributed by atoms with Crippen molar-refractivity contribution in [2.45, 2.75) is 25.2 Å². The van der Waals surface area contributed by atoms with E-state index in [9.17, 15) is 4.79 Å². The van der Waals surface area contributed by atoms with Gasteiger partial charge in [-0.15, -0.1) is 0 Å². The summed E-state index contributed by atoms with van der Waals surface area (Å²) in [6.45, 7) is 6.36. The number of aromatic nitrogens is 2. The Balaban J connectivity index is 1.42. The first-order valence-electron chi connectivity index (χ1n) is 8.83. The molecular weight excluding hydrogens is 292 g/mol. The first-order chi connectivity index (χ1) is 11.2. The lowest BCUT2D eigenvalue weighted by Crippen LogP contribution is -2.49. The number of nitrogens with zero attached hydrogens (tertiary/aromatic N) is 4. The second kappa shape index (κ2) is 6.24. The Labute approximate surface area is 137 Å². The molecule has 6 heteroatoms. The van der Waals surface area contributed by atoms with Crippen LogP contribution >= 0.6 is 0 Å². The molecule has 1 aromatic heterocycles. The Morgan fingerprint density at radius 2 is 2.04 bits per heavy atom. The molecule has 1 amide bonds. The van der Waals surface area contributed by atoms with Gasteiger partial charge in [-0.1, -0.05) is 0 Å². The second-order valence-electron chi connectivity index (χ2n) is 7.20. The van der Waals surface area contributed by atoms with Crippen LogP contribution in [-0.2, 0) is 11.8 Å². The van der Waals surface area contributed by atoms with E-state index in [4.69, 9.17) is 4.74 Å². The fourth-order valence-electron chi connectivity index (χ4n) is 3.69. The van der Waals surface area contributed by atoms with Crippen molar-refractivity contribution in [3.05, 3.63) is 17.5 Å². The topological polar surface area (TPSA) is 50.6 Å². The van der Waals surface area contributed by atoms with E-state index in [0.717, 1.165) is 56.4 Å². The standard InChI is InChI=1S/C17H26N4O2/c1-19-11-15(16(18-19)14-4-9-23-12-14)17(22)21-7-5-20(6-8-21)10-13-2-3-13/h11,13-14H,2-10,12H2,1H3. The van der Waals surface area contributed by atoms with Crippen molar-refractivity contribution >= 4 is 5.91 Å². The SMILES string of the molecule is Cn1cc(C(=O)N2CCN(CC3CC3)CC2)c(C2CCOC2)n1. The van der Waals surface area contributed by atoms with Gasteiger partial charge in [-0.3, -0.25) is 14.4 Å². The zero-order valence-electron chi connectivity index (χ0n) is 13.9. The van der Waals surface area contributed by atoms with Crippen LogP contribution in [0, 0.1) is 5.92 Å². The summed E-state index contributed by atoms with van der Waals surface area (Å²) in [5, 5.41) is 4.55. The fourth-order valence-corrected chi connectivity index (χ4v) is 3.69. The molecule has 0 N–H and O–H groups in total. The lowest BCUT2D eigenvalue weighted by Gasteiger charge is -2.34. The molecule has 1 unspecified atom stereocenters. The van der Waals surface area contributed by atoms with Gasteiger partial charge in [-0.05, 0) is 25.2 Å². The summed E-state index contributed by atoms with van der Waals surface area (Å²) in [4.78, 5) is 17.5. The van der Waals surface area contributed by atoms with Crippen molar-refractivity contribution in [2.24, 2.45) is 13.0 Å². The van der Waals surface area contributed by atoms with Gasteiger partial charge in [0.15, 0.2) is 0 Å². The Morgan fingerprint density at radius 3 is 2.70 bits per heavy atom. The quantitative estimate of drug-likeness (QED) is 0.834. The summed E-state index contributed by atoms with van der Waals surface area (Å²) in [6, 6.07) is 0. The highest BCUT2D eigenvalue weighted by atomic mass is 16.5. The van der Waals surface area contributed by atoms with Crippen molar-refractivity contribution in [2.75, 3.05) is 45.9 Å². The first-order valence-corrected chi connectivity index (χ1v) is 8.83. The van der Waals surface area contributed by atoms with Gasteiger partial charge in [0.25, 0.3) is 5.91 Å². The number of piperazine rings is 1. The third kappa shape index (κ3) is 3.28. The third-order valence-electron chi connectivity index (χ3n) is 5.28. The van der Waals surface area contributed by atoms with Gasteiger partial charge < -0.3 is 9.64 Å². The molecule has 1 aliphatic carbocycles. The number of carbonyl (C=O) groups is 1. The Morgan fingerprint density at radius 1 is 1.26 bits per heavy atom. The van der Waals surface area contributed by atoms with E-state index in [0.29, 0.717) is 6.61 Å². The molecule has 0 spiro atoms. The normalized spacial score (nSPS) is 26.0. The number of ether oxygens (including phenoxy) is 1. The van der Waals surface area contributed by atoms with Crippen molar-refractivity contribution in [1.29, 1.82) is 0 Å². The highest BCUT2D eigenvalue weighted by Gasteiger charge is 2.31. The van der Waals surface area contributed by atoms with E-state index in [1.54, 1.807) is 4.68 Å². The fraction of sp³-hybridized carbons (Fsp3) is 0.765. The van der Waals surface area contributed by atoms with Crippen LogP contribution in [-0.4, -0.2) is 71.4 Å². The van der Waals surface area contributed by atoms with E-state index >= 15 is 0 Å². The molecule has 3 fully saturated rings. The first kappa shape index (κ1) is 15.1. The number of amides is 1. The van der Waals surface area contributed by atoms with Gasteiger partial charge in [-0.2, -0.15) is 5.10 Å². The highest BCUT2D eigenvalue weighted by molar-refractivity contribution is 5.95. The summed E-state index contributed by atoms with van der Waals surface area (Å²) in [7, 11) is 1.89. The van der Waals surface area contributed by atoms with Crippen LogP contribution in [0.25, 0.3) is 0 Å². The van der Waals surface area contributed by atoms with Gasteiger partial charge in [0.2, 0.25) is 0 Å². The summed E-state index contributed by atoms with van der Waals surface area (Å²) in [6.07, 6.45) is 5.63. The van der Waals surface area contributed by atoms with Crippen LogP contribution in [0.5, 0.6) is 0 Å². The van der Waals surface area contributed by atoms with Gasteiger partial charge in [0.05, 0.1) is 17.9 Å². The van der Waals surface area contributed by atoms with E-state index in [-0.39, 0.29) is 11.8 Å². The lowest BCUT2D eigenvalue weighted by atomic mass is 10.0. The molecule has 3 heterocycles. The zero-order chi connectivity index (χ0) is 15.8. The maximum atomic E-state index is 12.9. The molecule has 0 radical (unpaired) electrons. The number of hydrogen-bond acceptors (Lipinski definition) is 4. The van der Waals surface area contributed by atoms with Gasteiger partial charge in [-0.25, -0.2) is 0 Å². The van der Waals surface area contributed by atoms with Crippen LogP contribution < -0.4 is 0 Å². The molecule has 4 rings (SSSR count). The Kier molecular flexibility index (Phi) is 4.11. The molecule has 1 aromatic rings. The average Bonchev–Trinajstić information content (AvgIpc) is 3.06. The number of carbonyl (C=O) groups excluding carboxylic acids is 1. The second-order valence-corrected chi connectivity index (χ2v) is 7.20. The number of aryl methyl sites for hydroxylation is 1. The van der Waals surface area contributed by atoms with Crippen molar-refractivity contribution in [3.63, 3.8) is 0 Å².